The van der Waals surface area contributed by atoms with Crippen LogP contribution in [0, 0.1) is 5.41 Å². The molecule has 0 fully saturated rings. The molecule has 3 heteroatoms. The molecule has 3 N–H and O–H groups in total. The van der Waals surface area contributed by atoms with Gasteiger partial charge in [-0.2, -0.15) is 0 Å². The maximum absolute atomic E-state index is 12.1. The first-order valence-electron chi connectivity index (χ1n) is 8.02. The fourth-order valence-corrected chi connectivity index (χ4v) is 2.36. The average Bonchev–Trinajstić information content (AvgIpc) is 2.46. The van der Waals surface area contributed by atoms with Gasteiger partial charge in [-0.1, -0.05) is 70.4 Å². The summed E-state index contributed by atoms with van der Waals surface area (Å²) in [6, 6.07) is 9.43. The van der Waals surface area contributed by atoms with Crippen LogP contribution in [-0.2, 0) is 11.2 Å². The van der Waals surface area contributed by atoms with E-state index in [4.69, 9.17) is 5.73 Å². The topological polar surface area (TPSA) is 55.1 Å². The molecular formula is C18H30N2O. The molecule has 3 nitrogen and oxygen atoms in total. The van der Waals surface area contributed by atoms with Crippen LogP contribution in [0.4, 0.5) is 0 Å². The van der Waals surface area contributed by atoms with Crippen molar-refractivity contribution in [2.45, 2.75) is 58.9 Å². The maximum Gasteiger partial charge on any atom is 0.237 e. The summed E-state index contributed by atoms with van der Waals surface area (Å²) in [4.78, 5) is 12.1. The molecule has 118 valence electrons. The SMILES string of the molecule is CCCCCC(C)(C)CNC(=O)C(N)Cc1ccccc1. The lowest BCUT2D eigenvalue weighted by Gasteiger charge is -2.25. The molecule has 1 amide bonds. The minimum Gasteiger partial charge on any atom is -0.354 e. The lowest BCUT2D eigenvalue weighted by molar-refractivity contribution is -0.122. The van der Waals surface area contributed by atoms with Gasteiger partial charge in [-0.25, -0.2) is 0 Å². The minimum absolute atomic E-state index is 0.0533. The highest BCUT2D eigenvalue weighted by Crippen LogP contribution is 2.22. The van der Waals surface area contributed by atoms with Gasteiger partial charge in [0.05, 0.1) is 6.04 Å². The van der Waals surface area contributed by atoms with Gasteiger partial charge >= 0.3 is 0 Å². The van der Waals surface area contributed by atoms with Crippen LogP contribution in [0.5, 0.6) is 0 Å². The van der Waals surface area contributed by atoms with E-state index >= 15 is 0 Å². The largest absolute Gasteiger partial charge is 0.354 e. The van der Waals surface area contributed by atoms with Gasteiger partial charge in [0, 0.05) is 6.54 Å². The van der Waals surface area contributed by atoms with E-state index in [1.807, 2.05) is 30.3 Å². The molecule has 0 heterocycles. The first kappa shape index (κ1) is 17.7. The van der Waals surface area contributed by atoms with Crippen molar-refractivity contribution in [3.63, 3.8) is 0 Å². The Labute approximate surface area is 129 Å². The van der Waals surface area contributed by atoms with Crippen molar-refractivity contribution < 1.29 is 4.79 Å². The van der Waals surface area contributed by atoms with E-state index in [0.717, 1.165) is 12.0 Å². The summed E-state index contributed by atoms with van der Waals surface area (Å²) >= 11 is 0. The summed E-state index contributed by atoms with van der Waals surface area (Å²) in [6.45, 7) is 7.30. The number of benzene rings is 1. The van der Waals surface area contributed by atoms with E-state index in [-0.39, 0.29) is 11.3 Å². The first-order valence-corrected chi connectivity index (χ1v) is 8.02. The highest BCUT2D eigenvalue weighted by atomic mass is 16.2. The van der Waals surface area contributed by atoms with Gasteiger partial charge in [0.2, 0.25) is 5.91 Å². The lowest BCUT2D eigenvalue weighted by Crippen LogP contribution is -2.45. The molecule has 1 rings (SSSR count). The molecule has 0 aliphatic carbocycles. The van der Waals surface area contributed by atoms with E-state index in [1.165, 1.54) is 19.3 Å². The smallest absolute Gasteiger partial charge is 0.237 e. The molecule has 0 saturated carbocycles. The predicted molar refractivity (Wildman–Crippen MR) is 89.1 cm³/mol. The summed E-state index contributed by atoms with van der Waals surface area (Å²) < 4.78 is 0. The second-order valence-corrected chi connectivity index (χ2v) is 6.64. The van der Waals surface area contributed by atoms with Crippen molar-refractivity contribution in [1.29, 1.82) is 0 Å². The number of hydrogen-bond donors (Lipinski definition) is 2. The Morgan fingerprint density at radius 1 is 1.24 bits per heavy atom. The number of hydrogen-bond acceptors (Lipinski definition) is 2. The van der Waals surface area contributed by atoms with Crippen molar-refractivity contribution in [1.82, 2.24) is 5.32 Å². The van der Waals surface area contributed by atoms with Crippen LogP contribution < -0.4 is 11.1 Å². The highest BCUT2D eigenvalue weighted by Gasteiger charge is 2.20. The fourth-order valence-electron chi connectivity index (χ4n) is 2.36. The molecule has 0 saturated heterocycles. The second kappa shape index (κ2) is 8.83. The van der Waals surface area contributed by atoms with Gasteiger partial charge in [-0.3, -0.25) is 4.79 Å². The van der Waals surface area contributed by atoms with Crippen molar-refractivity contribution in [2.24, 2.45) is 11.1 Å². The number of rotatable bonds is 9. The van der Waals surface area contributed by atoms with Crippen LogP contribution >= 0.6 is 0 Å². The van der Waals surface area contributed by atoms with Crippen LogP contribution in [0.2, 0.25) is 0 Å². The Balaban J connectivity index is 2.35. The number of carbonyl (C=O) groups excluding carboxylic acids is 1. The third-order valence-corrected chi connectivity index (χ3v) is 3.83. The summed E-state index contributed by atoms with van der Waals surface area (Å²) in [6.07, 6.45) is 5.42. The summed E-state index contributed by atoms with van der Waals surface area (Å²) in [5.74, 6) is -0.0533. The normalized spacial score (nSPS) is 13.0. The zero-order valence-electron chi connectivity index (χ0n) is 13.7. The Morgan fingerprint density at radius 3 is 2.52 bits per heavy atom. The van der Waals surface area contributed by atoms with Gasteiger partial charge < -0.3 is 11.1 Å². The Hall–Kier alpha value is -1.35. The molecule has 0 bridgehead atoms. The number of carbonyl (C=O) groups is 1. The monoisotopic (exact) mass is 290 g/mol. The molecule has 0 radical (unpaired) electrons. The molecule has 0 aliphatic rings. The highest BCUT2D eigenvalue weighted by molar-refractivity contribution is 5.81. The molecule has 1 atom stereocenters. The number of nitrogens with one attached hydrogen (secondary N) is 1. The molecule has 0 spiro atoms. The van der Waals surface area contributed by atoms with Gasteiger partial charge in [0.1, 0.15) is 0 Å². The van der Waals surface area contributed by atoms with Gasteiger partial charge in [-0.15, -0.1) is 0 Å². The van der Waals surface area contributed by atoms with Crippen LogP contribution in [0.25, 0.3) is 0 Å². The second-order valence-electron chi connectivity index (χ2n) is 6.64. The molecule has 1 aromatic rings. The molecule has 21 heavy (non-hydrogen) atoms. The molecule has 1 unspecified atom stereocenters. The molecular weight excluding hydrogens is 260 g/mol. The number of unbranched alkanes of at least 4 members (excludes halogenated alkanes) is 2. The van der Waals surface area contributed by atoms with Crippen LogP contribution in [0.15, 0.2) is 30.3 Å². The van der Waals surface area contributed by atoms with Crippen molar-refractivity contribution in [3.8, 4) is 0 Å². The van der Waals surface area contributed by atoms with Crippen molar-refractivity contribution >= 4 is 5.91 Å². The molecule has 0 aliphatic heterocycles. The van der Waals surface area contributed by atoms with Crippen molar-refractivity contribution in [3.05, 3.63) is 35.9 Å². The van der Waals surface area contributed by atoms with Gasteiger partial charge in [0.25, 0.3) is 0 Å². The minimum atomic E-state index is -0.473. The Kier molecular flexibility index (Phi) is 7.44. The van der Waals surface area contributed by atoms with E-state index in [1.54, 1.807) is 0 Å². The van der Waals surface area contributed by atoms with Gasteiger partial charge in [-0.05, 0) is 23.8 Å². The summed E-state index contributed by atoms with van der Waals surface area (Å²) in [7, 11) is 0. The van der Waals surface area contributed by atoms with Gasteiger partial charge in [0.15, 0.2) is 0 Å². The average molecular weight is 290 g/mol. The van der Waals surface area contributed by atoms with E-state index < -0.39 is 6.04 Å². The van der Waals surface area contributed by atoms with Crippen LogP contribution in [0.1, 0.15) is 52.0 Å². The van der Waals surface area contributed by atoms with Crippen LogP contribution in [0.3, 0.4) is 0 Å². The zero-order valence-corrected chi connectivity index (χ0v) is 13.7. The third kappa shape index (κ3) is 7.28. The van der Waals surface area contributed by atoms with E-state index in [2.05, 4.69) is 26.1 Å². The quantitative estimate of drug-likeness (QED) is 0.686. The third-order valence-electron chi connectivity index (χ3n) is 3.83. The van der Waals surface area contributed by atoms with E-state index in [9.17, 15) is 4.79 Å². The lowest BCUT2D eigenvalue weighted by atomic mass is 9.87. The number of nitrogens with two attached hydrogens (primary N) is 1. The predicted octanol–water partition coefficient (Wildman–Crippen LogP) is 3.28. The maximum atomic E-state index is 12.1. The standard InChI is InChI=1S/C18H30N2O/c1-4-5-9-12-18(2,3)14-20-17(21)16(19)13-15-10-7-6-8-11-15/h6-8,10-11,16H,4-5,9,12-14,19H2,1-3H3,(H,20,21). The summed E-state index contributed by atoms with van der Waals surface area (Å²) in [5.41, 5.74) is 7.22. The fraction of sp³-hybridized carbons (Fsp3) is 0.611. The molecule has 1 aromatic carbocycles. The Bertz CT molecular complexity index is 414. The van der Waals surface area contributed by atoms with Crippen molar-refractivity contribution in [2.75, 3.05) is 6.54 Å². The summed E-state index contributed by atoms with van der Waals surface area (Å²) in [5, 5.41) is 3.01. The van der Waals surface area contributed by atoms with E-state index in [0.29, 0.717) is 13.0 Å². The number of amides is 1. The Morgan fingerprint density at radius 2 is 1.90 bits per heavy atom. The molecule has 0 aromatic heterocycles. The first-order chi connectivity index (χ1) is 9.94. The zero-order chi connectivity index (χ0) is 15.7. The van der Waals surface area contributed by atoms with Crippen LogP contribution in [-0.4, -0.2) is 18.5 Å².